The summed E-state index contributed by atoms with van der Waals surface area (Å²) in [5.74, 6) is -0.711. The van der Waals surface area contributed by atoms with Crippen molar-refractivity contribution in [3.63, 3.8) is 0 Å². The van der Waals surface area contributed by atoms with Gasteiger partial charge < -0.3 is 20.1 Å². The van der Waals surface area contributed by atoms with Crippen molar-refractivity contribution in [1.29, 1.82) is 0 Å². The fourth-order valence-electron chi connectivity index (χ4n) is 3.71. The minimum atomic E-state index is -1.00. The van der Waals surface area contributed by atoms with E-state index in [2.05, 4.69) is 15.1 Å². The van der Waals surface area contributed by atoms with E-state index in [1.807, 2.05) is 4.90 Å². The largest absolute Gasteiger partial charge is 0.497 e. The Morgan fingerprint density at radius 1 is 1.03 bits per heavy atom. The number of ether oxygens (including phenoxy) is 2. The van der Waals surface area contributed by atoms with Crippen LogP contribution in [0.2, 0.25) is 0 Å². The molecule has 8 nitrogen and oxygen atoms in total. The molecular formula is C22H20F2N6O2. The molecule has 0 aliphatic carbocycles. The van der Waals surface area contributed by atoms with Gasteiger partial charge >= 0.3 is 0 Å². The molecule has 0 saturated carbocycles. The zero-order chi connectivity index (χ0) is 22.2. The number of hydrogen-bond acceptors (Lipinski definition) is 7. The van der Waals surface area contributed by atoms with Crippen LogP contribution in [0, 0.1) is 11.6 Å². The van der Waals surface area contributed by atoms with E-state index in [0.29, 0.717) is 49.1 Å². The number of nitrogens with two attached hydrogens (primary N) is 1. The number of benzene rings is 2. The number of nitrogen functional groups attached to an aromatic ring is 1. The standard InChI is InChI=1S/C22H20F2N6O2/c1-31-14-7-5-13(6-8-14)30-20(25)17-19(15-3-2-4-16(23)18(15)24)26-22(27-21(17)28-30)29-9-11-32-12-10-29/h2-8H,9-12,25H2,1H3. The van der Waals surface area contributed by atoms with Crippen LogP contribution in [0.15, 0.2) is 42.5 Å². The first-order valence-electron chi connectivity index (χ1n) is 10.0. The lowest BCUT2D eigenvalue weighted by Gasteiger charge is -2.27. The van der Waals surface area contributed by atoms with Crippen molar-refractivity contribution in [1.82, 2.24) is 19.7 Å². The summed E-state index contributed by atoms with van der Waals surface area (Å²) in [6.07, 6.45) is 0. The molecule has 2 aromatic carbocycles. The Balaban J connectivity index is 1.75. The molecule has 0 amide bonds. The summed E-state index contributed by atoms with van der Waals surface area (Å²) in [5, 5.41) is 4.91. The van der Waals surface area contributed by atoms with Gasteiger partial charge in [0.1, 0.15) is 11.6 Å². The van der Waals surface area contributed by atoms with Gasteiger partial charge in [0, 0.05) is 18.7 Å². The van der Waals surface area contributed by atoms with Crippen LogP contribution in [0.3, 0.4) is 0 Å². The van der Waals surface area contributed by atoms with E-state index >= 15 is 0 Å². The molecule has 1 aliphatic heterocycles. The maximum atomic E-state index is 14.8. The Hall–Kier alpha value is -3.79. The topological polar surface area (TPSA) is 91.3 Å². The Kier molecular flexibility index (Phi) is 5.06. The fraction of sp³-hybridized carbons (Fsp3) is 0.227. The maximum Gasteiger partial charge on any atom is 0.228 e. The smallest absolute Gasteiger partial charge is 0.228 e. The second-order valence-electron chi connectivity index (χ2n) is 7.27. The number of methoxy groups -OCH3 is 1. The van der Waals surface area contributed by atoms with Crippen LogP contribution in [0.4, 0.5) is 20.5 Å². The van der Waals surface area contributed by atoms with Gasteiger partial charge in [-0.2, -0.15) is 4.98 Å². The first-order valence-corrected chi connectivity index (χ1v) is 10.0. The zero-order valence-corrected chi connectivity index (χ0v) is 17.3. The Morgan fingerprint density at radius 2 is 1.78 bits per heavy atom. The van der Waals surface area contributed by atoms with Gasteiger partial charge in [-0.05, 0) is 36.4 Å². The van der Waals surface area contributed by atoms with Crippen LogP contribution in [0.25, 0.3) is 28.0 Å². The minimum absolute atomic E-state index is 0.00658. The van der Waals surface area contributed by atoms with Crippen molar-refractivity contribution in [2.45, 2.75) is 0 Å². The van der Waals surface area contributed by atoms with E-state index in [1.165, 1.54) is 16.8 Å². The number of rotatable bonds is 4. The number of fused-ring (bicyclic) bond motifs is 1. The first-order chi connectivity index (χ1) is 15.6. The molecule has 10 heteroatoms. The lowest BCUT2D eigenvalue weighted by Crippen LogP contribution is -2.37. The first kappa shape index (κ1) is 20.1. The number of aromatic nitrogens is 4. The molecule has 1 aliphatic rings. The average Bonchev–Trinajstić information content (AvgIpc) is 3.17. The monoisotopic (exact) mass is 438 g/mol. The number of morpholine rings is 1. The van der Waals surface area contributed by atoms with Crippen LogP contribution in [0.5, 0.6) is 5.75 Å². The maximum absolute atomic E-state index is 14.8. The van der Waals surface area contributed by atoms with Crippen molar-refractivity contribution < 1.29 is 18.3 Å². The molecule has 4 aromatic rings. The summed E-state index contributed by atoms with van der Waals surface area (Å²) < 4.78 is 40.9. The van der Waals surface area contributed by atoms with E-state index in [1.54, 1.807) is 31.4 Å². The van der Waals surface area contributed by atoms with Crippen molar-refractivity contribution in [2.24, 2.45) is 0 Å². The second kappa shape index (κ2) is 8.04. The SMILES string of the molecule is COc1ccc(-n2nc3nc(N4CCOCC4)nc(-c4cccc(F)c4F)c3c2N)cc1. The summed E-state index contributed by atoms with van der Waals surface area (Å²) >= 11 is 0. The highest BCUT2D eigenvalue weighted by Crippen LogP contribution is 2.35. The molecule has 0 radical (unpaired) electrons. The number of hydrogen-bond donors (Lipinski definition) is 1. The molecule has 5 rings (SSSR count). The number of nitrogens with zero attached hydrogens (tertiary/aromatic N) is 5. The summed E-state index contributed by atoms with van der Waals surface area (Å²) in [6, 6.07) is 11.1. The third-order valence-electron chi connectivity index (χ3n) is 5.37. The Bertz CT molecular complexity index is 1290. The minimum Gasteiger partial charge on any atom is -0.497 e. The Labute approximate surface area is 182 Å². The molecule has 0 spiro atoms. The molecule has 2 N–H and O–H groups in total. The average molecular weight is 438 g/mol. The lowest BCUT2D eigenvalue weighted by atomic mass is 10.1. The van der Waals surface area contributed by atoms with Crippen LogP contribution in [-0.4, -0.2) is 53.2 Å². The molecule has 0 bridgehead atoms. The van der Waals surface area contributed by atoms with Crippen molar-refractivity contribution >= 4 is 22.8 Å². The highest BCUT2D eigenvalue weighted by Gasteiger charge is 2.24. The van der Waals surface area contributed by atoms with Crippen molar-refractivity contribution in [3.05, 3.63) is 54.1 Å². The second-order valence-corrected chi connectivity index (χ2v) is 7.27. The Morgan fingerprint density at radius 3 is 2.50 bits per heavy atom. The third-order valence-corrected chi connectivity index (χ3v) is 5.37. The van der Waals surface area contributed by atoms with Crippen LogP contribution < -0.4 is 15.4 Å². The predicted octanol–water partition coefficient (Wildman–Crippen LogP) is 3.19. The van der Waals surface area contributed by atoms with Gasteiger partial charge in [-0.25, -0.2) is 18.4 Å². The number of anilines is 2. The normalized spacial score (nSPS) is 14.2. The van der Waals surface area contributed by atoms with Crippen LogP contribution >= 0.6 is 0 Å². The molecule has 3 heterocycles. The molecule has 164 valence electrons. The van der Waals surface area contributed by atoms with Gasteiger partial charge in [-0.15, -0.1) is 5.10 Å². The molecule has 0 atom stereocenters. The van der Waals surface area contributed by atoms with Crippen molar-refractivity contribution in [3.8, 4) is 22.7 Å². The highest BCUT2D eigenvalue weighted by atomic mass is 19.2. The predicted molar refractivity (Wildman–Crippen MR) is 116 cm³/mol. The quantitative estimate of drug-likeness (QED) is 0.523. The number of halogens is 2. The zero-order valence-electron chi connectivity index (χ0n) is 17.3. The van der Waals surface area contributed by atoms with Gasteiger partial charge in [-0.1, -0.05) is 6.07 Å². The summed E-state index contributed by atoms with van der Waals surface area (Å²) in [5.41, 5.74) is 7.57. The summed E-state index contributed by atoms with van der Waals surface area (Å²) in [6.45, 7) is 2.19. The van der Waals surface area contributed by atoms with E-state index in [-0.39, 0.29) is 22.7 Å². The molecular weight excluding hydrogens is 418 g/mol. The summed E-state index contributed by atoms with van der Waals surface area (Å²) in [4.78, 5) is 11.1. The van der Waals surface area contributed by atoms with E-state index in [0.717, 1.165) is 6.07 Å². The van der Waals surface area contributed by atoms with E-state index in [9.17, 15) is 8.78 Å². The van der Waals surface area contributed by atoms with Gasteiger partial charge in [0.2, 0.25) is 5.95 Å². The van der Waals surface area contributed by atoms with Crippen LogP contribution in [0.1, 0.15) is 0 Å². The van der Waals surface area contributed by atoms with E-state index < -0.39 is 11.6 Å². The summed E-state index contributed by atoms with van der Waals surface area (Å²) in [7, 11) is 1.58. The van der Waals surface area contributed by atoms with Gasteiger partial charge in [-0.3, -0.25) is 0 Å². The fourth-order valence-corrected chi connectivity index (χ4v) is 3.71. The van der Waals surface area contributed by atoms with E-state index in [4.69, 9.17) is 15.2 Å². The van der Waals surface area contributed by atoms with Gasteiger partial charge in [0.05, 0.1) is 37.1 Å². The lowest BCUT2D eigenvalue weighted by molar-refractivity contribution is 0.122. The van der Waals surface area contributed by atoms with Crippen molar-refractivity contribution in [2.75, 3.05) is 44.0 Å². The van der Waals surface area contributed by atoms with Gasteiger partial charge in [0.15, 0.2) is 17.3 Å². The van der Waals surface area contributed by atoms with Crippen LogP contribution in [-0.2, 0) is 4.74 Å². The third kappa shape index (κ3) is 3.38. The highest BCUT2D eigenvalue weighted by molar-refractivity contribution is 5.99. The van der Waals surface area contributed by atoms with Gasteiger partial charge in [0.25, 0.3) is 0 Å². The molecule has 0 unspecified atom stereocenters. The molecule has 1 fully saturated rings. The molecule has 32 heavy (non-hydrogen) atoms. The molecule has 2 aromatic heterocycles. The molecule has 1 saturated heterocycles.